The smallest absolute Gasteiger partial charge is 0.322 e. The van der Waals surface area contributed by atoms with E-state index in [0.29, 0.717) is 0 Å². The van der Waals surface area contributed by atoms with Crippen LogP contribution in [-0.2, 0) is 9.59 Å². The lowest BCUT2D eigenvalue weighted by molar-refractivity contribution is -0.144. The third-order valence-corrected chi connectivity index (χ3v) is 1.22. The number of hydrogen-bond donors (Lipinski definition) is 2. The molecule has 0 aromatic carbocycles. The highest BCUT2D eigenvalue weighted by molar-refractivity contribution is 6.08. The van der Waals surface area contributed by atoms with Gasteiger partial charge in [-0.25, -0.2) is 0 Å². The van der Waals surface area contributed by atoms with Crippen molar-refractivity contribution in [1.82, 2.24) is 0 Å². The normalized spacial score (nSPS) is 11.7. The minimum atomic E-state index is -1.35. The van der Waals surface area contributed by atoms with Gasteiger partial charge < -0.3 is 10.2 Å². The van der Waals surface area contributed by atoms with Gasteiger partial charge in [0.25, 0.3) is 0 Å². The monoisotopic (exact) mass is 173 g/mol. The summed E-state index contributed by atoms with van der Waals surface area (Å²) in [5, 5.41) is 17.0. The first-order valence-corrected chi connectivity index (χ1v) is 3.56. The zero-order chi connectivity index (χ0) is 9.94. The Morgan fingerprint density at radius 1 is 1.08 bits per heavy atom. The van der Waals surface area contributed by atoms with E-state index in [9.17, 15) is 9.59 Å². The predicted octanol–water partition coefficient (Wildman–Crippen LogP) is 1.17. The van der Waals surface area contributed by atoms with Gasteiger partial charge in [-0.3, -0.25) is 9.59 Å². The highest BCUT2D eigenvalue weighted by Crippen LogP contribution is 2.25. The van der Waals surface area contributed by atoms with E-state index in [0.717, 1.165) is 0 Å². The van der Waals surface area contributed by atoms with Gasteiger partial charge in [-0.1, -0.05) is 20.8 Å². The summed E-state index contributed by atoms with van der Waals surface area (Å²) in [7, 11) is 0. The largest absolute Gasteiger partial charge is 0.480 e. The molecule has 0 unspecified atom stereocenters. The zero-order valence-corrected chi connectivity index (χ0v) is 7.42. The van der Waals surface area contributed by atoms with Crippen LogP contribution in [0.1, 0.15) is 27.2 Å². The molecule has 1 radical (unpaired) electrons. The van der Waals surface area contributed by atoms with Crippen LogP contribution >= 0.6 is 0 Å². The highest BCUT2D eigenvalue weighted by atomic mass is 16.4. The minimum Gasteiger partial charge on any atom is -0.480 e. The van der Waals surface area contributed by atoms with Gasteiger partial charge in [0.15, 0.2) is 5.92 Å². The van der Waals surface area contributed by atoms with Crippen molar-refractivity contribution in [3.05, 3.63) is 5.92 Å². The zero-order valence-electron chi connectivity index (χ0n) is 7.42. The van der Waals surface area contributed by atoms with Crippen LogP contribution in [0.25, 0.3) is 0 Å². The Morgan fingerprint density at radius 2 is 1.42 bits per heavy atom. The van der Waals surface area contributed by atoms with Gasteiger partial charge in [-0.05, 0) is 11.8 Å². The Labute approximate surface area is 71.2 Å². The number of rotatable bonds is 3. The Bertz CT molecular complexity index is 176. The summed E-state index contributed by atoms with van der Waals surface area (Å²) in [6.07, 6.45) is 0.0671. The summed E-state index contributed by atoms with van der Waals surface area (Å²) < 4.78 is 0. The average molecular weight is 173 g/mol. The molecule has 4 nitrogen and oxygen atoms in total. The van der Waals surface area contributed by atoms with E-state index in [-0.39, 0.29) is 11.8 Å². The third kappa shape index (κ3) is 3.95. The van der Waals surface area contributed by atoms with Crippen LogP contribution in [0.3, 0.4) is 0 Å². The van der Waals surface area contributed by atoms with Gasteiger partial charge in [0.05, 0.1) is 0 Å². The number of carbonyl (C=O) groups is 2. The molecule has 12 heavy (non-hydrogen) atoms. The highest BCUT2D eigenvalue weighted by Gasteiger charge is 2.31. The summed E-state index contributed by atoms with van der Waals surface area (Å²) in [5.41, 5.74) is -0.313. The average Bonchev–Trinajstić information content (AvgIpc) is 1.79. The maximum Gasteiger partial charge on any atom is 0.322 e. The van der Waals surface area contributed by atoms with Crippen LogP contribution < -0.4 is 0 Å². The van der Waals surface area contributed by atoms with Crippen molar-refractivity contribution >= 4 is 11.9 Å². The molecular formula is C8H13O4. The van der Waals surface area contributed by atoms with Crippen LogP contribution in [-0.4, -0.2) is 22.2 Å². The van der Waals surface area contributed by atoms with Gasteiger partial charge in [0.1, 0.15) is 0 Å². The molecule has 0 aromatic rings. The summed E-state index contributed by atoms with van der Waals surface area (Å²) in [6.45, 7) is 5.37. The first kappa shape index (κ1) is 10.9. The van der Waals surface area contributed by atoms with Gasteiger partial charge in [0.2, 0.25) is 0 Å². The lowest BCUT2D eigenvalue weighted by Crippen LogP contribution is -2.25. The molecule has 0 fully saturated rings. The minimum absolute atomic E-state index is 0.0671. The molecule has 0 atom stereocenters. The molecule has 2 N–H and O–H groups in total. The van der Waals surface area contributed by atoms with Gasteiger partial charge in [0, 0.05) is 0 Å². The first-order valence-electron chi connectivity index (χ1n) is 3.56. The Kier molecular flexibility index (Phi) is 3.24. The van der Waals surface area contributed by atoms with Crippen LogP contribution in [0.4, 0.5) is 0 Å². The molecule has 0 aliphatic rings. The molecule has 0 bridgehead atoms. The molecule has 0 aliphatic carbocycles. The quantitative estimate of drug-likeness (QED) is 0.628. The summed E-state index contributed by atoms with van der Waals surface area (Å²) in [4.78, 5) is 20.8. The lowest BCUT2D eigenvalue weighted by atomic mass is 9.85. The number of aliphatic carboxylic acids is 2. The molecule has 4 heteroatoms. The van der Waals surface area contributed by atoms with E-state index >= 15 is 0 Å². The van der Waals surface area contributed by atoms with Crippen molar-refractivity contribution in [2.75, 3.05) is 0 Å². The molecular weight excluding hydrogens is 160 g/mol. The molecule has 0 saturated carbocycles. The van der Waals surface area contributed by atoms with E-state index in [2.05, 4.69) is 0 Å². The standard InChI is InChI=1S/C8H13O4/c1-8(2,3)4-5(6(9)10)7(11)12/h4H2,1-3H3,(H,9,10)(H,11,12). The Morgan fingerprint density at radius 3 is 1.50 bits per heavy atom. The Hall–Kier alpha value is -1.06. The van der Waals surface area contributed by atoms with Crippen molar-refractivity contribution in [3.8, 4) is 0 Å². The summed E-state index contributed by atoms with van der Waals surface area (Å²) in [5.74, 6) is -3.16. The summed E-state index contributed by atoms with van der Waals surface area (Å²) >= 11 is 0. The molecule has 0 saturated heterocycles. The van der Waals surface area contributed by atoms with Crippen molar-refractivity contribution in [2.24, 2.45) is 5.41 Å². The molecule has 0 amide bonds. The second-order valence-corrected chi connectivity index (χ2v) is 3.83. The van der Waals surface area contributed by atoms with Crippen molar-refractivity contribution in [2.45, 2.75) is 27.2 Å². The fourth-order valence-corrected chi connectivity index (χ4v) is 0.773. The van der Waals surface area contributed by atoms with Crippen LogP contribution in [0.5, 0.6) is 0 Å². The van der Waals surface area contributed by atoms with E-state index in [1.54, 1.807) is 20.8 Å². The van der Waals surface area contributed by atoms with Gasteiger partial charge in [-0.15, -0.1) is 0 Å². The first-order chi connectivity index (χ1) is 5.24. The fraction of sp³-hybridized carbons (Fsp3) is 0.625. The third-order valence-electron chi connectivity index (χ3n) is 1.22. The summed E-state index contributed by atoms with van der Waals surface area (Å²) in [6, 6.07) is 0. The predicted molar refractivity (Wildman–Crippen MR) is 42.6 cm³/mol. The van der Waals surface area contributed by atoms with Crippen molar-refractivity contribution in [3.63, 3.8) is 0 Å². The van der Waals surface area contributed by atoms with Gasteiger partial charge >= 0.3 is 11.9 Å². The lowest BCUT2D eigenvalue weighted by Gasteiger charge is -2.19. The van der Waals surface area contributed by atoms with Crippen LogP contribution in [0.2, 0.25) is 0 Å². The van der Waals surface area contributed by atoms with E-state index in [4.69, 9.17) is 10.2 Å². The number of carboxylic acid groups (broad SMARTS) is 2. The second-order valence-electron chi connectivity index (χ2n) is 3.83. The number of carboxylic acids is 2. The maximum absolute atomic E-state index is 10.4. The Balaban J connectivity index is 4.35. The molecule has 0 rings (SSSR count). The fourth-order valence-electron chi connectivity index (χ4n) is 0.773. The van der Waals surface area contributed by atoms with E-state index in [1.807, 2.05) is 0 Å². The maximum atomic E-state index is 10.4. The van der Waals surface area contributed by atoms with Crippen LogP contribution in [0.15, 0.2) is 0 Å². The SMILES string of the molecule is CC(C)(C)C[C](C(=O)O)C(=O)O. The topological polar surface area (TPSA) is 74.6 Å². The van der Waals surface area contributed by atoms with Gasteiger partial charge in [-0.2, -0.15) is 0 Å². The number of hydrogen-bond acceptors (Lipinski definition) is 2. The van der Waals surface area contributed by atoms with E-state index in [1.165, 1.54) is 0 Å². The van der Waals surface area contributed by atoms with Crippen molar-refractivity contribution < 1.29 is 19.8 Å². The van der Waals surface area contributed by atoms with E-state index < -0.39 is 17.9 Å². The second kappa shape index (κ2) is 3.56. The molecule has 0 heterocycles. The molecule has 0 aliphatic heterocycles. The molecule has 0 aromatic heterocycles. The molecule has 69 valence electrons. The van der Waals surface area contributed by atoms with Crippen molar-refractivity contribution in [1.29, 1.82) is 0 Å². The molecule has 0 spiro atoms. The van der Waals surface area contributed by atoms with Crippen LogP contribution in [0, 0.1) is 11.3 Å².